The number of carbonyl (C=O) groups is 1. The van der Waals surface area contributed by atoms with Crippen molar-refractivity contribution in [3.63, 3.8) is 0 Å². The molecule has 1 unspecified atom stereocenters. The first-order valence-corrected chi connectivity index (χ1v) is 5.52. The minimum Gasteiger partial charge on any atom is -0.344 e. The average molecular weight is 230 g/mol. The molecule has 17 heavy (non-hydrogen) atoms. The van der Waals surface area contributed by atoms with E-state index in [4.69, 9.17) is 5.26 Å². The first-order chi connectivity index (χ1) is 8.13. The molecule has 0 aromatic carbocycles. The second-order valence-corrected chi connectivity index (χ2v) is 4.49. The zero-order chi connectivity index (χ0) is 12.3. The molecule has 1 aromatic heterocycles. The van der Waals surface area contributed by atoms with Gasteiger partial charge in [-0.1, -0.05) is 0 Å². The standard InChI is InChI=1S/C12H14N4O/c1-12(4-5-14-8-12)16-11(17)10-3-2-9(6-13)7-15-10/h2-3,7,14H,4-5,8H2,1H3,(H,16,17). The maximum atomic E-state index is 11.9. The van der Waals surface area contributed by atoms with Crippen LogP contribution in [-0.2, 0) is 0 Å². The molecular weight excluding hydrogens is 216 g/mol. The van der Waals surface area contributed by atoms with Crippen LogP contribution in [0, 0.1) is 11.3 Å². The van der Waals surface area contributed by atoms with E-state index in [0.29, 0.717) is 11.3 Å². The van der Waals surface area contributed by atoms with E-state index in [9.17, 15) is 4.79 Å². The van der Waals surface area contributed by atoms with Crippen LogP contribution in [0.2, 0.25) is 0 Å². The highest BCUT2D eigenvalue weighted by Gasteiger charge is 2.30. The number of nitrogens with one attached hydrogen (secondary N) is 2. The van der Waals surface area contributed by atoms with Crippen LogP contribution in [0.4, 0.5) is 0 Å². The number of hydrogen-bond acceptors (Lipinski definition) is 4. The Balaban J connectivity index is 2.07. The molecule has 1 aliphatic heterocycles. The Morgan fingerprint density at radius 2 is 2.47 bits per heavy atom. The summed E-state index contributed by atoms with van der Waals surface area (Å²) >= 11 is 0. The summed E-state index contributed by atoms with van der Waals surface area (Å²) < 4.78 is 0. The normalized spacial score (nSPS) is 23.1. The van der Waals surface area contributed by atoms with Gasteiger partial charge in [-0.25, -0.2) is 4.98 Å². The third kappa shape index (κ3) is 2.60. The van der Waals surface area contributed by atoms with E-state index in [1.165, 1.54) is 6.20 Å². The molecule has 1 aromatic rings. The van der Waals surface area contributed by atoms with Gasteiger partial charge in [-0.2, -0.15) is 5.26 Å². The number of rotatable bonds is 2. The Morgan fingerprint density at radius 3 is 3.00 bits per heavy atom. The van der Waals surface area contributed by atoms with Gasteiger partial charge in [0.2, 0.25) is 0 Å². The fourth-order valence-electron chi connectivity index (χ4n) is 1.86. The first kappa shape index (κ1) is 11.6. The van der Waals surface area contributed by atoms with E-state index in [0.717, 1.165) is 19.5 Å². The van der Waals surface area contributed by atoms with Crippen LogP contribution in [0.1, 0.15) is 29.4 Å². The second-order valence-electron chi connectivity index (χ2n) is 4.49. The molecule has 2 N–H and O–H groups in total. The lowest BCUT2D eigenvalue weighted by atomic mass is 10.0. The number of carbonyl (C=O) groups excluding carboxylic acids is 1. The second kappa shape index (κ2) is 4.52. The largest absolute Gasteiger partial charge is 0.344 e. The van der Waals surface area contributed by atoms with Crippen molar-refractivity contribution in [1.82, 2.24) is 15.6 Å². The van der Waals surface area contributed by atoms with Crippen molar-refractivity contribution < 1.29 is 4.79 Å². The fraction of sp³-hybridized carbons (Fsp3) is 0.417. The van der Waals surface area contributed by atoms with Crippen molar-refractivity contribution in [2.24, 2.45) is 0 Å². The molecule has 1 amide bonds. The summed E-state index contributed by atoms with van der Waals surface area (Å²) in [5.41, 5.74) is 0.597. The molecule has 0 aliphatic carbocycles. The maximum absolute atomic E-state index is 11.9. The number of nitrogens with zero attached hydrogens (tertiary/aromatic N) is 2. The molecule has 1 atom stereocenters. The minimum atomic E-state index is -0.202. The van der Waals surface area contributed by atoms with Crippen LogP contribution < -0.4 is 10.6 Å². The summed E-state index contributed by atoms with van der Waals surface area (Å²) in [6, 6.07) is 5.13. The van der Waals surface area contributed by atoms with Crippen molar-refractivity contribution in [3.8, 4) is 6.07 Å². The Labute approximate surface area is 99.9 Å². The predicted octanol–water partition coefficient (Wildman–Crippen LogP) is 0.435. The molecule has 0 saturated carbocycles. The molecule has 2 heterocycles. The van der Waals surface area contributed by atoms with Gasteiger partial charge in [0.25, 0.3) is 5.91 Å². The van der Waals surface area contributed by atoms with Gasteiger partial charge in [-0.3, -0.25) is 4.79 Å². The van der Waals surface area contributed by atoms with Crippen molar-refractivity contribution in [2.45, 2.75) is 18.9 Å². The van der Waals surface area contributed by atoms with Crippen LogP contribution in [0.5, 0.6) is 0 Å². The summed E-state index contributed by atoms with van der Waals surface area (Å²) in [4.78, 5) is 15.9. The van der Waals surface area contributed by atoms with E-state index < -0.39 is 0 Å². The third-order valence-electron chi connectivity index (χ3n) is 2.91. The van der Waals surface area contributed by atoms with E-state index in [-0.39, 0.29) is 11.4 Å². The van der Waals surface area contributed by atoms with Crippen LogP contribution in [0.3, 0.4) is 0 Å². The molecule has 2 rings (SSSR count). The highest BCUT2D eigenvalue weighted by atomic mass is 16.2. The first-order valence-electron chi connectivity index (χ1n) is 5.52. The van der Waals surface area contributed by atoms with Gasteiger partial charge in [0.15, 0.2) is 0 Å². The molecule has 0 spiro atoms. The third-order valence-corrected chi connectivity index (χ3v) is 2.91. The summed E-state index contributed by atoms with van der Waals surface area (Å²) in [6.07, 6.45) is 2.32. The van der Waals surface area contributed by atoms with E-state index in [2.05, 4.69) is 15.6 Å². The molecule has 5 nitrogen and oxygen atoms in total. The zero-order valence-electron chi connectivity index (χ0n) is 9.66. The van der Waals surface area contributed by atoms with Crippen LogP contribution in [0.15, 0.2) is 18.3 Å². The number of pyridine rings is 1. The van der Waals surface area contributed by atoms with Crippen LogP contribution in [-0.4, -0.2) is 29.5 Å². The Morgan fingerprint density at radius 1 is 1.65 bits per heavy atom. The SMILES string of the molecule is CC1(NC(=O)c2ccc(C#N)cn2)CCNC1. The van der Waals surface area contributed by atoms with Crippen molar-refractivity contribution in [3.05, 3.63) is 29.6 Å². The van der Waals surface area contributed by atoms with Crippen molar-refractivity contribution >= 4 is 5.91 Å². The Kier molecular flexibility index (Phi) is 3.07. The highest BCUT2D eigenvalue weighted by Crippen LogP contribution is 2.13. The smallest absolute Gasteiger partial charge is 0.270 e. The van der Waals surface area contributed by atoms with Crippen LogP contribution >= 0.6 is 0 Å². The molecule has 0 bridgehead atoms. The van der Waals surface area contributed by atoms with Crippen LogP contribution in [0.25, 0.3) is 0 Å². The van der Waals surface area contributed by atoms with Crippen molar-refractivity contribution in [1.29, 1.82) is 5.26 Å². The Hall–Kier alpha value is -1.93. The van der Waals surface area contributed by atoms with E-state index in [1.54, 1.807) is 12.1 Å². The predicted molar refractivity (Wildman–Crippen MR) is 62.3 cm³/mol. The van der Waals surface area contributed by atoms with Gasteiger partial charge < -0.3 is 10.6 Å². The molecule has 0 radical (unpaired) electrons. The monoisotopic (exact) mass is 230 g/mol. The summed E-state index contributed by atoms with van der Waals surface area (Å²) in [7, 11) is 0. The summed E-state index contributed by atoms with van der Waals surface area (Å²) in [6.45, 7) is 3.70. The molecule has 1 aliphatic rings. The van der Waals surface area contributed by atoms with E-state index >= 15 is 0 Å². The van der Waals surface area contributed by atoms with Gasteiger partial charge in [0.05, 0.1) is 11.1 Å². The van der Waals surface area contributed by atoms with E-state index in [1.807, 2.05) is 13.0 Å². The number of hydrogen-bond donors (Lipinski definition) is 2. The Bertz CT molecular complexity index is 454. The zero-order valence-corrected chi connectivity index (χ0v) is 9.66. The number of aromatic nitrogens is 1. The van der Waals surface area contributed by atoms with Gasteiger partial charge in [-0.15, -0.1) is 0 Å². The maximum Gasteiger partial charge on any atom is 0.270 e. The lowest BCUT2D eigenvalue weighted by Gasteiger charge is -2.24. The van der Waals surface area contributed by atoms with Gasteiger partial charge in [0, 0.05) is 12.7 Å². The highest BCUT2D eigenvalue weighted by molar-refractivity contribution is 5.92. The summed E-state index contributed by atoms with van der Waals surface area (Å²) in [5.74, 6) is -0.194. The molecule has 5 heteroatoms. The number of amides is 1. The quantitative estimate of drug-likeness (QED) is 0.772. The lowest BCUT2D eigenvalue weighted by Crippen LogP contribution is -2.47. The molecule has 1 fully saturated rings. The summed E-state index contributed by atoms with van der Waals surface area (Å²) in [5, 5.41) is 14.8. The number of nitriles is 1. The molecule has 88 valence electrons. The molecule has 1 saturated heterocycles. The molecular formula is C12H14N4O. The lowest BCUT2D eigenvalue weighted by molar-refractivity contribution is 0.0908. The van der Waals surface area contributed by atoms with Gasteiger partial charge in [-0.05, 0) is 32.0 Å². The van der Waals surface area contributed by atoms with Gasteiger partial charge in [0.1, 0.15) is 11.8 Å². The van der Waals surface area contributed by atoms with Crippen molar-refractivity contribution in [2.75, 3.05) is 13.1 Å². The minimum absolute atomic E-state index is 0.194. The average Bonchev–Trinajstić information content (AvgIpc) is 2.76. The fourth-order valence-corrected chi connectivity index (χ4v) is 1.86. The topological polar surface area (TPSA) is 77.8 Å². The van der Waals surface area contributed by atoms with Gasteiger partial charge >= 0.3 is 0 Å².